The molecule has 2 nitrogen and oxygen atoms in total. The normalized spacial score (nSPS) is 12.6. The molecule has 4 heteroatoms. The van der Waals surface area contributed by atoms with E-state index >= 15 is 0 Å². The summed E-state index contributed by atoms with van der Waals surface area (Å²) in [5, 5.41) is 3.12. The van der Waals surface area contributed by atoms with Gasteiger partial charge in [-0.1, -0.05) is 15.9 Å². The molecule has 2 rings (SSSR count). The number of nitrogens with one attached hydrogen (secondary N) is 1. The fourth-order valence-corrected chi connectivity index (χ4v) is 2.16. The van der Waals surface area contributed by atoms with Gasteiger partial charge in [-0.15, -0.1) is 0 Å². The minimum absolute atomic E-state index is 0.0196. The van der Waals surface area contributed by atoms with E-state index in [1.807, 2.05) is 19.2 Å². The van der Waals surface area contributed by atoms with Crippen LogP contribution in [0.15, 0.2) is 45.5 Å². The molecule has 1 atom stereocenters. The first kappa shape index (κ1) is 12.3. The molecule has 0 aliphatic carbocycles. The van der Waals surface area contributed by atoms with Gasteiger partial charge in [0.2, 0.25) is 0 Å². The third-order valence-corrected chi connectivity index (χ3v) is 3.16. The predicted octanol–water partition coefficient (Wildman–Crippen LogP) is 3.68. The summed E-state index contributed by atoms with van der Waals surface area (Å²) < 4.78 is 19.8. The van der Waals surface area contributed by atoms with Crippen molar-refractivity contribution in [2.45, 2.75) is 12.5 Å². The fraction of sp³-hybridized carbons (Fsp3) is 0.231. The zero-order valence-corrected chi connectivity index (χ0v) is 11.0. The molecule has 1 heterocycles. The van der Waals surface area contributed by atoms with E-state index < -0.39 is 0 Å². The van der Waals surface area contributed by atoms with Gasteiger partial charge in [-0.25, -0.2) is 4.39 Å². The first-order valence-electron chi connectivity index (χ1n) is 5.35. The van der Waals surface area contributed by atoms with Crippen LogP contribution in [0.25, 0.3) is 0 Å². The monoisotopic (exact) mass is 297 g/mol. The van der Waals surface area contributed by atoms with Gasteiger partial charge in [-0.2, -0.15) is 0 Å². The number of likely N-dealkylation sites (N-methyl/N-ethyl adjacent to an activating group) is 1. The SMILES string of the molecule is CNC(Cc1cc(Br)ccc1F)c1ccco1. The summed E-state index contributed by atoms with van der Waals surface area (Å²) in [5.74, 6) is 0.617. The van der Waals surface area contributed by atoms with Gasteiger partial charge in [-0.3, -0.25) is 0 Å². The molecule has 17 heavy (non-hydrogen) atoms. The van der Waals surface area contributed by atoms with Gasteiger partial charge in [0, 0.05) is 4.47 Å². The molecule has 0 fully saturated rings. The van der Waals surface area contributed by atoms with Gasteiger partial charge in [0.1, 0.15) is 11.6 Å². The smallest absolute Gasteiger partial charge is 0.126 e. The third-order valence-electron chi connectivity index (χ3n) is 2.67. The average molecular weight is 298 g/mol. The molecule has 1 N–H and O–H groups in total. The lowest BCUT2D eigenvalue weighted by Gasteiger charge is -2.14. The molecule has 0 amide bonds. The first-order chi connectivity index (χ1) is 8.20. The highest BCUT2D eigenvalue weighted by atomic mass is 79.9. The molecular formula is C13H13BrFNO. The fourth-order valence-electron chi connectivity index (χ4n) is 1.75. The van der Waals surface area contributed by atoms with Crippen molar-refractivity contribution in [3.05, 3.63) is 58.2 Å². The highest BCUT2D eigenvalue weighted by Gasteiger charge is 2.15. The van der Waals surface area contributed by atoms with Crippen LogP contribution in [0.2, 0.25) is 0 Å². The van der Waals surface area contributed by atoms with Crippen LogP contribution in [-0.4, -0.2) is 7.05 Å². The Morgan fingerprint density at radius 3 is 2.88 bits per heavy atom. The summed E-state index contributed by atoms with van der Waals surface area (Å²) in [6, 6.07) is 8.65. The van der Waals surface area contributed by atoms with Crippen molar-refractivity contribution in [2.24, 2.45) is 0 Å². The Labute approximate surface area is 108 Å². The maximum absolute atomic E-state index is 13.6. The average Bonchev–Trinajstić information content (AvgIpc) is 2.84. The van der Waals surface area contributed by atoms with Crippen molar-refractivity contribution in [3.63, 3.8) is 0 Å². The van der Waals surface area contributed by atoms with Crippen LogP contribution in [0.4, 0.5) is 4.39 Å². The zero-order valence-electron chi connectivity index (χ0n) is 9.41. The van der Waals surface area contributed by atoms with E-state index in [2.05, 4.69) is 21.2 Å². The highest BCUT2D eigenvalue weighted by Crippen LogP contribution is 2.22. The summed E-state index contributed by atoms with van der Waals surface area (Å²) in [7, 11) is 1.84. The summed E-state index contributed by atoms with van der Waals surface area (Å²) in [5.41, 5.74) is 0.662. The first-order valence-corrected chi connectivity index (χ1v) is 6.14. The summed E-state index contributed by atoms with van der Waals surface area (Å²) in [6.45, 7) is 0. The standard InChI is InChI=1S/C13H13BrFNO/c1-16-12(13-3-2-6-17-13)8-9-7-10(14)4-5-11(9)15/h2-7,12,16H,8H2,1H3. The number of furan rings is 1. The van der Waals surface area contributed by atoms with E-state index in [9.17, 15) is 4.39 Å². The third kappa shape index (κ3) is 2.96. The van der Waals surface area contributed by atoms with Crippen LogP contribution in [-0.2, 0) is 6.42 Å². The summed E-state index contributed by atoms with van der Waals surface area (Å²) in [6.07, 6.45) is 2.17. The van der Waals surface area contributed by atoms with Crippen LogP contribution in [0.3, 0.4) is 0 Å². The van der Waals surface area contributed by atoms with Gasteiger partial charge in [0.05, 0.1) is 12.3 Å². The Morgan fingerprint density at radius 1 is 1.41 bits per heavy atom. The van der Waals surface area contributed by atoms with Crippen molar-refractivity contribution in [1.29, 1.82) is 0 Å². The zero-order chi connectivity index (χ0) is 12.3. The summed E-state index contributed by atoms with van der Waals surface area (Å²) in [4.78, 5) is 0. The van der Waals surface area contributed by atoms with E-state index in [4.69, 9.17) is 4.42 Å². The number of halogens is 2. The molecule has 0 radical (unpaired) electrons. The van der Waals surface area contributed by atoms with Gasteiger partial charge in [0.15, 0.2) is 0 Å². The van der Waals surface area contributed by atoms with Crippen molar-refractivity contribution in [3.8, 4) is 0 Å². The molecule has 2 aromatic rings. The van der Waals surface area contributed by atoms with Gasteiger partial charge < -0.3 is 9.73 Å². The second-order valence-corrected chi connectivity index (χ2v) is 4.71. The van der Waals surface area contributed by atoms with Crippen molar-refractivity contribution in [1.82, 2.24) is 5.32 Å². The number of benzene rings is 1. The highest BCUT2D eigenvalue weighted by molar-refractivity contribution is 9.10. The molecule has 1 aromatic heterocycles. The molecule has 0 bridgehead atoms. The molecule has 90 valence electrons. The number of hydrogen-bond donors (Lipinski definition) is 1. The predicted molar refractivity (Wildman–Crippen MR) is 68.3 cm³/mol. The second kappa shape index (κ2) is 5.47. The molecule has 0 spiro atoms. The minimum atomic E-state index is -0.194. The maximum atomic E-state index is 13.6. The lowest BCUT2D eigenvalue weighted by Crippen LogP contribution is -2.18. The Balaban J connectivity index is 2.21. The lowest BCUT2D eigenvalue weighted by molar-refractivity contribution is 0.425. The van der Waals surface area contributed by atoms with Crippen LogP contribution >= 0.6 is 15.9 Å². The van der Waals surface area contributed by atoms with Gasteiger partial charge >= 0.3 is 0 Å². The Kier molecular flexibility index (Phi) is 3.97. The van der Waals surface area contributed by atoms with Crippen LogP contribution in [0, 0.1) is 5.82 Å². The van der Waals surface area contributed by atoms with Crippen LogP contribution in [0.1, 0.15) is 17.4 Å². The quantitative estimate of drug-likeness (QED) is 0.931. The molecule has 0 aliphatic rings. The van der Waals surface area contributed by atoms with E-state index in [1.165, 1.54) is 6.07 Å². The van der Waals surface area contributed by atoms with Crippen molar-refractivity contribution in [2.75, 3.05) is 7.05 Å². The molecule has 0 saturated heterocycles. The van der Waals surface area contributed by atoms with Crippen LogP contribution in [0.5, 0.6) is 0 Å². The Morgan fingerprint density at radius 2 is 2.24 bits per heavy atom. The molecule has 1 aromatic carbocycles. The lowest BCUT2D eigenvalue weighted by atomic mass is 10.0. The largest absolute Gasteiger partial charge is 0.468 e. The van der Waals surface area contributed by atoms with Gasteiger partial charge in [0.25, 0.3) is 0 Å². The van der Waals surface area contributed by atoms with Crippen molar-refractivity contribution >= 4 is 15.9 Å². The number of rotatable bonds is 4. The van der Waals surface area contributed by atoms with E-state index in [0.717, 1.165) is 10.2 Å². The van der Waals surface area contributed by atoms with E-state index in [-0.39, 0.29) is 11.9 Å². The maximum Gasteiger partial charge on any atom is 0.126 e. The van der Waals surface area contributed by atoms with E-state index in [0.29, 0.717) is 12.0 Å². The Bertz CT molecular complexity index is 484. The van der Waals surface area contributed by atoms with Crippen molar-refractivity contribution < 1.29 is 8.81 Å². The Hall–Kier alpha value is -1.13. The van der Waals surface area contributed by atoms with Crippen LogP contribution < -0.4 is 5.32 Å². The topological polar surface area (TPSA) is 25.2 Å². The molecule has 1 unspecified atom stereocenters. The second-order valence-electron chi connectivity index (χ2n) is 3.80. The minimum Gasteiger partial charge on any atom is -0.468 e. The number of hydrogen-bond acceptors (Lipinski definition) is 2. The molecule has 0 saturated carbocycles. The van der Waals surface area contributed by atoms with E-state index in [1.54, 1.807) is 18.4 Å². The molecular weight excluding hydrogens is 285 g/mol. The van der Waals surface area contributed by atoms with Gasteiger partial charge in [-0.05, 0) is 49.4 Å². The molecule has 0 aliphatic heterocycles. The summed E-state index contributed by atoms with van der Waals surface area (Å²) >= 11 is 3.35.